The van der Waals surface area contributed by atoms with E-state index in [1.807, 2.05) is 43.5 Å². The zero-order valence-electron chi connectivity index (χ0n) is 12.7. The summed E-state index contributed by atoms with van der Waals surface area (Å²) >= 11 is 0. The number of hydrogen-bond acceptors (Lipinski definition) is 3. The smallest absolute Gasteiger partial charge is 0.251 e. The third-order valence-corrected chi connectivity index (χ3v) is 4.01. The van der Waals surface area contributed by atoms with Gasteiger partial charge in [0.15, 0.2) is 0 Å². The Hall–Kier alpha value is -2.20. The van der Waals surface area contributed by atoms with Crippen molar-refractivity contribution < 1.29 is 9.53 Å². The molecule has 22 heavy (non-hydrogen) atoms. The number of aromatic nitrogens is 1. The molecule has 1 N–H and O–H groups in total. The van der Waals surface area contributed by atoms with E-state index in [0.717, 1.165) is 42.7 Å². The van der Waals surface area contributed by atoms with Gasteiger partial charge in [-0.2, -0.15) is 0 Å². The second kappa shape index (κ2) is 6.71. The van der Waals surface area contributed by atoms with Crippen molar-refractivity contribution in [3.8, 4) is 11.1 Å². The fraction of sp³-hybridized carbons (Fsp3) is 0.333. The number of pyridine rings is 1. The molecule has 2 aromatic rings. The van der Waals surface area contributed by atoms with Gasteiger partial charge in [-0.3, -0.25) is 9.78 Å². The Labute approximate surface area is 130 Å². The highest BCUT2D eigenvalue weighted by molar-refractivity contribution is 5.95. The molecule has 3 rings (SSSR count). The molecule has 0 spiro atoms. The molecule has 1 aliphatic heterocycles. The van der Waals surface area contributed by atoms with Crippen LogP contribution in [-0.2, 0) is 4.74 Å². The van der Waals surface area contributed by atoms with E-state index in [2.05, 4.69) is 10.3 Å². The third kappa shape index (κ3) is 3.34. The quantitative estimate of drug-likeness (QED) is 0.947. The van der Waals surface area contributed by atoms with Crippen LogP contribution < -0.4 is 5.32 Å². The number of hydrogen-bond donors (Lipinski definition) is 1. The van der Waals surface area contributed by atoms with E-state index in [0.29, 0.717) is 5.56 Å². The molecular weight excluding hydrogens is 276 g/mol. The van der Waals surface area contributed by atoms with E-state index in [9.17, 15) is 4.79 Å². The maximum atomic E-state index is 12.4. The van der Waals surface area contributed by atoms with Gasteiger partial charge in [0.1, 0.15) is 0 Å². The Kier molecular flexibility index (Phi) is 4.49. The number of rotatable bonds is 3. The molecule has 0 bridgehead atoms. The summed E-state index contributed by atoms with van der Waals surface area (Å²) in [7, 11) is 0. The van der Waals surface area contributed by atoms with Gasteiger partial charge in [-0.15, -0.1) is 0 Å². The third-order valence-electron chi connectivity index (χ3n) is 4.01. The first-order valence-corrected chi connectivity index (χ1v) is 7.64. The molecule has 0 saturated carbocycles. The van der Waals surface area contributed by atoms with Gasteiger partial charge in [-0.25, -0.2) is 0 Å². The van der Waals surface area contributed by atoms with E-state index >= 15 is 0 Å². The molecule has 114 valence electrons. The molecule has 1 aromatic carbocycles. The summed E-state index contributed by atoms with van der Waals surface area (Å²) in [6, 6.07) is 9.94. The van der Waals surface area contributed by atoms with Crippen LogP contribution in [0.15, 0.2) is 42.7 Å². The zero-order valence-corrected chi connectivity index (χ0v) is 12.7. The van der Waals surface area contributed by atoms with Crippen LogP contribution in [0.25, 0.3) is 11.1 Å². The van der Waals surface area contributed by atoms with Crippen LogP contribution in [0.3, 0.4) is 0 Å². The van der Waals surface area contributed by atoms with Crippen molar-refractivity contribution in [1.29, 1.82) is 0 Å². The fourth-order valence-corrected chi connectivity index (χ4v) is 2.74. The Morgan fingerprint density at radius 2 is 2.09 bits per heavy atom. The number of amides is 1. The highest BCUT2D eigenvalue weighted by Crippen LogP contribution is 2.23. The van der Waals surface area contributed by atoms with Crippen molar-refractivity contribution in [2.45, 2.75) is 25.8 Å². The minimum absolute atomic E-state index is 0.0135. The lowest BCUT2D eigenvalue weighted by Crippen LogP contribution is -2.38. The SMILES string of the molecule is Cc1cnccc1-c1cccc(C(=O)NC2CCOCC2)c1. The summed E-state index contributed by atoms with van der Waals surface area (Å²) < 4.78 is 5.32. The van der Waals surface area contributed by atoms with E-state index < -0.39 is 0 Å². The van der Waals surface area contributed by atoms with Crippen LogP contribution in [0, 0.1) is 6.92 Å². The molecule has 1 saturated heterocycles. The number of aryl methyl sites for hydroxylation is 1. The second-order valence-electron chi connectivity index (χ2n) is 5.63. The summed E-state index contributed by atoms with van der Waals surface area (Å²) in [6.45, 7) is 3.47. The number of ether oxygens (including phenoxy) is 1. The van der Waals surface area contributed by atoms with Crippen LogP contribution in [0.4, 0.5) is 0 Å². The molecule has 4 nitrogen and oxygen atoms in total. The van der Waals surface area contributed by atoms with Crippen molar-refractivity contribution >= 4 is 5.91 Å². The number of nitrogens with zero attached hydrogens (tertiary/aromatic N) is 1. The molecule has 0 radical (unpaired) electrons. The van der Waals surface area contributed by atoms with Gasteiger partial charge in [0, 0.05) is 37.2 Å². The normalized spacial score (nSPS) is 15.5. The molecule has 0 atom stereocenters. The Morgan fingerprint density at radius 1 is 1.27 bits per heavy atom. The van der Waals surface area contributed by atoms with Crippen LogP contribution in [-0.4, -0.2) is 30.1 Å². The molecule has 0 unspecified atom stereocenters. The second-order valence-corrected chi connectivity index (χ2v) is 5.63. The van der Waals surface area contributed by atoms with Crippen LogP contribution >= 0.6 is 0 Å². The zero-order chi connectivity index (χ0) is 15.4. The van der Waals surface area contributed by atoms with Crippen LogP contribution in [0.1, 0.15) is 28.8 Å². The first-order valence-electron chi connectivity index (χ1n) is 7.64. The minimum atomic E-state index is -0.0135. The number of carbonyl (C=O) groups is 1. The predicted octanol–water partition coefficient (Wildman–Crippen LogP) is 2.97. The van der Waals surface area contributed by atoms with Crippen molar-refractivity contribution in [3.63, 3.8) is 0 Å². The summed E-state index contributed by atoms with van der Waals surface area (Å²) in [5.74, 6) is -0.0135. The lowest BCUT2D eigenvalue weighted by atomic mass is 10.00. The van der Waals surface area contributed by atoms with Gasteiger partial charge >= 0.3 is 0 Å². The maximum Gasteiger partial charge on any atom is 0.251 e. The molecule has 1 aliphatic rings. The largest absolute Gasteiger partial charge is 0.381 e. The average molecular weight is 296 g/mol. The minimum Gasteiger partial charge on any atom is -0.381 e. The van der Waals surface area contributed by atoms with Crippen molar-refractivity contribution in [1.82, 2.24) is 10.3 Å². The molecule has 4 heteroatoms. The fourth-order valence-electron chi connectivity index (χ4n) is 2.74. The number of nitrogens with one attached hydrogen (secondary N) is 1. The van der Waals surface area contributed by atoms with E-state index in [4.69, 9.17) is 4.74 Å². The van der Waals surface area contributed by atoms with Crippen molar-refractivity contribution in [3.05, 3.63) is 53.9 Å². The predicted molar refractivity (Wildman–Crippen MR) is 85.7 cm³/mol. The molecule has 1 aromatic heterocycles. The summed E-state index contributed by atoms with van der Waals surface area (Å²) in [4.78, 5) is 16.5. The van der Waals surface area contributed by atoms with Crippen LogP contribution in [0.5, 0.6) is 0 Å². The Balaban J connectivity index is 1.79. The number of benzene rings is 1. The highest BCUT2D eigenvalue weighted by atomic mass is 16.5. The maximum absolute atomic E-state index is 12.4. The van der Waals surface area contributed by atoms with Gasteiger partial charge in [0.05, 0.1) is 0 Å². The topological polar surface area (TPSA) is 51.2 Å². The first-order chi connectivity index (χ1) is 10.7. The first kappa shape index (κ1) is 14.7. The molecule has 2 heterocycles. The molecule has 1 fully saturated rings. The average Bonchev–Trinajstić information content (AvgIpc) is 2.56. The lowest BCUT2D eigenvalue weighted by Gasteiger charge is -2.23. The van der Waals surface area contributed by atoms with Gasteiger partial charge in [-0.05, 0) is 54.7 Å². The monoisotopic (exact) mass is 296 g/mol. The van der Waals surface area contributed by atoms with Crippen molar-refractivity contribution in [2.24, 2.45) is 0 Å². The van der Waals surface area contributed by atoms with Crippen LogP contribution in [0.2, 0.25) is 0 Å². The van der Waals surface area contributed by atoms with Crippen molar-refractivity contribution in [2.75, 3.05) is 13.2 Å². The molecule has 0 aliphatic carbocycles. The standard InChI is InChI=1S/C18H20N2O2/c1-13-12-19-8-5-17(13)14-3-2-4-15(11-14)18(21)20-16-6-9-22-10-7-16/h2-5,8,11-12,16H,6-7,9-10H2,1H3,(H,20,21). The number of carbonyl (C=O) groups excluding carboxylic acids is 1. The van der Waals surface area contributed by atoms with E-state index in [1.165, 1.54) is 0 Å². The lowest BCUT2D eigenvalue weighted by molar-refractivity contribution is 0.0696. The van der Waals surface area contributed by atoms with E-state index in [-0.39, 0.29) is 11.9 Å². The Morgan fingerprint density at radius 3 is 2.86 bits per heavy atom. The summed E-state index contributed by atoms with van der Waals surface area (Å²) in [5.41, 5.74) is 3.94. The molecule has 1 amide bonds. The van der Waals surface area contributed by atoms with Gasteiger partial charge in [-0.1, -0.05) is 12.1 Å². The Bertz CT molecular complexity index is 664. The summed E-state index contributed by atoms with van der Waals surface area (Å²) in [6.07, 6.45) is 5.38. The molecular formula is C18H20N2O2. The van der Waals surface area contributed by atoms with Gasteiger partial charge in [0.2, 0.25) is 0 Å². The van der Waals surface area contributed by atoms with Gasteiger partial charge in [0.25, 0.3) is 5.91 Å². The van der Waals surface area contributed by atoms with E-state index in [1.54, 1.807) is 6.20 Å². The van der Waals surface area contributed by atoms with Gasteiger partial charge < -0.3 is 10.1 Å². The summed E-state index contributed by atoms with van der Waals surface area (Å²) in [5, 5.41) is 3.10. The highest BCUT2D eigenvalue weighted by Gasteiger charge is 2.17.